The van der Waals surface area contributed by atoms with Crippen LogP contribution in [0.15, 0.2) is 42.7 Å². The molecule has 0 fully saturated rings. The van der Waals surface area contributed by atoms with Crippen LogP contribution in [0.25, 0.3) is 0 Å². The number of hydrogen-bond acceptors (Lipinski definition) is 6. The first kappa shape index (κ1) is 18.5. The predicted octanol–water partition coefficient (Wildman–Crippen LogP) is 4.59. The highest BCUT2D eigenvalue weighted by Gasteiger charge is 2.25. The number of benzene rings is 2. The summed E-state index contributed by atoms with van der Waals surface area (Å²) in [6, 6.07) is 11.2. The van der Waals surface area contributed by atoms with Crippen molar-refractivity contribution in [2.75, 3.05) is 11.1 Å². The smallest absolute Gasteiger partial charge is 0.141 e. The SMILES string of the molecule is N=C(c1cc(O)c(Cl)c(Cl)c1)c1c(N)ncnc1NC1CCc2ccccc21. The molecule has 5 N–H and O–H groups in total. The molecule has 1 unspecified atom stereocenters. The number of hydrogen-bond donors (Lipinski definition) is 4. The molecule has 28 heavy (non-hydrogen) atoms. The van der Waals surface area contributed by atoms with E-state index in [1.165, 1.54) is 29.6 Å². The molecule has 1 heterocycles. The average Bonchev–Trinajstić information content (AvgIpc) is 3.08. The quantitative estimate of drug-likeness (QED) is 0.467. The number of nitrogen functional groups attached to an aromatic ring is 1. The molecule has 1 aliphatic rings. The van der Waals surface area contributed by atoms with E-state index in [-0.39, 0.29) is 33.4 Å². The van der Waals surface area contributed by atoms with Crippen LogP contribution >= 0.6 is 23.2 Å². The fourth-order valence-corrected chi connectivity index (χ4v) is 3.81. The van der Waals surface area contributed by atoms with Crippen LogP contribution in [0.1, 0.15) is 34.7 Å². The van der Waals surface area contributed by atoms with Crippen LogP contribution < -0.4 is 11.1 Å². The van der Waals surface area contributed by atoms with Gasteiger partial charge in [-0.05, 0) is 36.1 Å². The van der Waals surface area contributed by atoms with E-state index in [1.54, 1.807) is 0 Å². The number of nitrogens with two attached hydrogens (primary N) is 1. The molecule has 0 spiro atoms. The number of nitrogens with one attached hydrogen (secondary N) is 2. The molecule has 6 nitrogen and oxygen atoms in total. The van der Waals surface area contributed by atoms with Crippen molar-refractivity contribution in [1.82, 2.24) is 9.97 Å². The lowest BCUT2D eigenvalue weighted by Gasteiger charge is -2.19. The fraction of sp³-hybridized carbons (Fsp3) is 0.150. The maximum Gasteiger partial charge on any atom is 0.141 e. The lowest BCUT2D eigenvalue weighted by Crippen LogP contribution is -2.16. The van der Waals surface area contributed by atoms with Crippen LogP contribution in [0.3, 0.4) is 0 Å². The first-order chi connectivity index (χ1) is 13.5. The molecular formula is C20H17Cl2N5O. The Hall–Kier alpha value is -2.83. The van der Waals surface area contributed by atoms with E-state index < -0.39 is 0 Å². The molecule has 0 radical (unpaired) electrons. The molecule has 1 atom stereocenters. The third kappa shape index (κ3) is 3.25. The first-order valence-corrected chi connectivity index (χ1v) is 9.43. The lowest BCUT2D eigenvalue weighted by molar-refractivity contribution is 0.475. The molecule has 2 aromatic carbocycles. The fourth-order valence-electron chi connectivity index (χ4n) is 3.49. The maximum absolute atomic E-state index is 9.96. The summed E-state index contributed by atoms with van der Waals surface area (Å²) in [4.78, 5) is 8.35. The monoisotopic (exact) mass is 413 g/mol. The zero-order valence-corrected chi connectivity index (χ0v) is 16.2. The van der Waals surface area contributed by atoms with Crippen LogP contribution in [0.4, 0.5) is 11.6 Å². The first-order valence-electron chi connectivity index (χ1n) is 8.68. The van der Waals surface area contributed by atoms with Gasteiger partial charge in [-0.3, -0.25) is 5.41 Å². The van der Waals surface area contributed by atoms with Gasteiger partial charge in [0.15, 0.2) is 0 Å². The zero-order valence-electron chi connectivity index (χ0n) is 14.7. The highest BCUT2D eigenvalue weighted by Crippen LogP contribution is 2.36. The summed E-state index contributed by atoms with van der Waals surface area (Å²) in [6.45, 7) is 0. The zero-order chi connectivity index (χ0) is 19.8. The molecule has 142 valence electrons. The van der Waals surface area contributed by atoms with Crippen molar-refractivity contribution < 1.29 is 5.11 Å². The number of aryl methyl sites for hydroxylation is 1. The van der Waals surface area contributed by atoms with E-state index in [0.717, 1.165) is 12.8 Å². The van der Waals surface area contributed by atoms with Crippen molar-refractivity contribution in [2.45, 2.75) is 18.9 Å². The summed E-state index contributed by atoms with van der Waals surface area (Å²) in [6.07, 6.45) is 3.26. The molecule has 0 saturated heterocycles. The van der Waals surface area contributed by atoms with Crippen molar-refractivity contribution in [3.05, 3.63) is 75.0 Å². The third-order valence-electron chi connectivity index (χ3n) is 4.87. The number of aromatic hydroxyl groups is 1. The number of anilines is 2. The van der Waals surface area contributed by atoms with Gasteiger partial charge in [0, 0.05) is 5.56 Å². The Labute approximate surface area is 171 Å². The van der Waals surface area contributed by atoms with E-state index in [9.17, 15) is 5.11 Å². The second-order valence-electron chi connectivity index (χ2n) is 6.58. The predicted molar refractivity (Wildman–Crippen MR) is 112 cm³/mol. The van der Waals surface area contributed by atoms with E-state index in [4.69, 9.17) is 34.3 Å². The molecule has 4 rings (SSSR count). The van der Waals surface area contributed by atoms with Crippen LogP contribution in [-0.4, -0.2) is 20.8 Å². The minimum atomic E-state index is -0.205. The summed E-state index contributed by atoms with van der Waals surface area (Å²) >= 11 is 12.0. The number of phenols is 1. The second kappa shape index (κ2) is 7.30. The molecular weight excluding hydrogens is 397 g/mol. The van der Waals surface area contributed by atoms with Crippen molar-refractivity contribution in [3.63, 3.8) is 0 Å². The Morgan fingerprint density at radius 3 is 2.79 bits per heavy atom. The van der Waals surface area contributed by atoms with Gasteiger partial charge in [-0.1, -0.05) is 47.5 Å². The standard InChI is InChI=1S/C20H17Cl2N5O/c21-13-7-11(8-15(28)17(13)22)18(23)16-19(24)25-9-26-20(16)27-14-6-5-10-3-1-2-4-12(10)14/h1-4,7-9,14,23,28H,5-6H2,(H3,24,25,26,27). The summed E-state index contributed by atoms with van der Waals surface area (Å²) in [7, 11) is 0. The number of fused-ring (bicyclic) bond motifs is 1. The van der Waals surface area contributed by atoms with Crippen molar-refractivity contribution in [1.29, 1.82) is 5.41 Å². The number of nitrogens with zero attached hydrogens (tertiary/aromatic N) is 2. The van der Waals surface area contributed by atoms with Crippen LogP contribution in [-0.2, 0) is 6.42 Å². The number of halogens is 2. The maximum atomic E-state index is 9.96. The molecule has 1 aliphatic carbocycles. The second-order valence-corrected chi connectivity index (χ2v) is 7.37. The Bertz CT molecular complexity index is 1060. The molecule has 0 bridgehead atoms. The van der Waals surface area contributed by atoms with E-state index in [1.807, 2.05) is 12.1 Å². The minimum absolute atomic E-state index is 0.0383. The number of phenolic OH excluding ortho intramolecular Hbond substituents is 1. The van der Waals surface area contributed by atoms with Gasteiger partial charge in [-0.2, -0.15) is 0 Å². The highest BCUT2D eigenvalue weighted by molar-refractivity contribution is 6.43. The Balaban J connectivity index is 1.72. The number of aromatic nitrogens is 2. The van der Waals surface area contributed by atoms with Gasteiger partial charge in [0.2, 0.25) is 0 Å². The molecule has 3 aromatic rings. The average molecular weight is 414 g/mol. The molecule has 1 aromatic heterocycles. The van der Waals surface area contributed by atoms with Gasteiger partial charge in [-0.15, -0.1) is 0 Å². The molecule has 8 heteroatoms. The lowest BCUT2D eigenvalue weighted by atomic mass is 10.0. The van der Waals surface area contributed by atoms with Crippen LogP contribution in [0.5, 0.6) is 5.75 Å². The van der Waals surface area contributed by atoms with E-state index in [0.29, 0.717) is 16.9 Å². The van der Waals surface area contributed by atoms with Crippen molar-refractivity contribution >= 4 is 40.5 Å². The Kier molecular flexibility index (Phi) is 4.83. The highest BCUT2D eigenvalue weighted by atomic mass is 35.5. The van der Waals surface area contributed by atoms with Crippen molar-refractivity contribution in [2.24, 2.45) is 0 Å². The largest absolute Gasteiger partial charge is 0.506 e. The van der Waals surface area contributed by atoms with Crippen LogP contribution in [0, 0.1) is 5.41 Å². The van der Waals surface area contributed by atoms with Gasteiger partial charge in [-0.25, -0.2) is 9.97 Å². The minimum Gasteiger partial charge on any atom is -0.506 e. The van der Waals surface area contributed by atoms with Gasteiger partial charge in [0.05, 0.1) is 22.3 Å². The number of rotatable bonds is 4. The van der Waals surface area contributed by atoms with E-state index in [2.05, 4.69) is 27.4 Å². The summed E-state index contributed by atoms with van der Waals surface area (Å²) in [5.74, 6) is 0.424. The van der Waals surface area contributed by atoms with Gasteiger partial charge < -0.3 is 16.2 Å². The molecule has 0 saturated carbocycles. The van der Waals surface area contributed by atoms with Gasteiger partial charge in [0.1, 0.15) is 28.7 Å². The molecule has 0 amide bonds. The van der Waals surface area contributed by atoms with E-state index >= 15 is 0 Å². The summed E-state index contributed by atoms with van der Waals surface area (Å²) in [5.41, 5.74) is 9.35. The third-order valence-corrected chi connectivity index (χ3v) is 5.66. The van der Waals surface area contributed by atoms with Crippen LogP contribution in [0.2, 0.25) is 10.0 Å². The topological polar surface area (TPSA) is 108 Å². The summed E-state index contributed by atoms with van der Waals surface area (Å²) in [5, 5.41) is 22.2. The molecule has 0 aliphatic heterocycles. The summed E-state index contributed by atoms with van der Waals surface area (Å²) < 4.78 is 0. The van der Waals surface area contributed by atoms with Gasteiger partial charge in [0.25, 0.3) is 0 Å². The normalized spacial score (nSPS) is 15.3. The Morgan fingerprint density at radius 2 is 2.00 bits per heavy atom. The van der Waals surface area contributed by atoms with Gasteiger partial charge >= 0.3 is 0 Å². The Morgan fingerprint density at radius 1 is 1.21 bits per heavy atom. The van der Waals surface area contributed by atoms with Crippen molar-refractivity contribution in [3.8, 4) is 5.75 Å².